The first-order chi connectivity index (χ1) is 10.0. The first-order valence-electron chi connectivity index (χ1n) is 7.84. The van der Waals surface area contributed by atoms with Crippen LogP contribution in [0.5, 0.6) is 0 Å². The van der Waals surface area contributed by atoms with Crippen molar-refractivity contribution in [1.82, 2.24) is 10.2 Å². The molecule has 1 aromatic rings. The number of nitrogens with zero attached hydrogens (tertiary/aromatic N) is 1. The van der Waals surface area contributed by atoms with Gasteiger partial charge in [-0.25, -0.2) is 0 Å². The quantitative estimate of drug-likeness (QED) is 0.741. The van der Waals surface area contributed by atoms with Crippen LogP contribution in [-0.2, 0) is 11.2 Å². The highest BCUT2D eigenvalue weighted by Crippen LogP contribution is 2.23. The summed E-state index contributed by atoms with van der Waals surface area (Å²) in [6.45, 7) is 11.7. The van der Waals surface area contributed by atoms with Crippen molar-refractivity contribution < 1.29 is 4.74 Å². The Kier molecular flexibility index (Phi) is 6.47. The van der Waals surface area contributed by atoms with Crippen molar-refractivity contribution in [2.75, 3.05) is 32.8 Å². The van der Waals surface area contributed by atoms with Gasteiger partial charge in [0.2, 0.25) is 0 Å². The summed E-state index contributed by atoms with van der Waals surface area (Å²) in [7, 11) is 0. The Morgan fingerprint density at radius 2 is 1.86 bits per heavy atom. The molecule has 118 valence electrons. The van der Waals surface area contributed by atoms with Gasteiger partial charge >= 0.3 is 0 Å². The first-order valence-corrected chi connectivity index (χ1v) is 8.92. The van der Waals surface area contributed by atoms with Crippen LogP contribution in [0.3, 0.4) is 0 Å². The van der Waals surface area contributed by atoms with Crippen molar-refractivity contribution in [3.8, 4) is 0 Å². The van der Waals surface area contributed by atoms with Crippen LogP contribution in [0.25, 0.3) is 0 Å². The third-order valence-corrected chi connectivity index (χ3v) is 5.20. The standard InChI is InChI=1S/C17H27IN2O/c1-4-19-16(13-14-5-7-15(18)8-6-14)17(2,3)20-9-11-21-12-10-20/h5-8,16,19H,4,9-13H2,1-3H3. The smallest absolute Gasteiger partial charge is 0.0594 e. The van der Waals surface area contributed by atoms with E-state index in [4.69, 9.17) is 4.74 Å². The van der Waals surface area contributed by atoms with E-state index in [1.54, 1.807) is 0 Å². The van der Waals surface area contributed by atoms with Crippen LogP contribution >= 0.6 is 22.6 Å². The number of rotatable bonds is 6. The lowest BCUT2D eigenvalue weighted by Gasteiger charge is -2.46. The molecule has 1 atom stereocenters. The summed E-state index contributed by atoms with van der Waals surface area (Å²) in [5.41, 5.74) is 1.53. The molecule has 0 saturated carbocycles. The third kappa shape index (κ3) is 4.65. The predicted octanol–water partition coefficient (Wildman–Crippen LogP) is 2.92. The van der Waals surface area contributed by atoms with Gasteiger partial charge in [0, 0.05) is 28.2 Å². The van der Waals surface area contributed by atoms with Gasteiger partial charge < -0.3 is 10.1 Å². The molecule has 0 amide bonds. The van der Waals surface area contributed by atoms with Crippen LogP contribution in [0.2, 0.25) is 0 Å². The van der Waals surface area contributed by atoms with E-state index in [-0.39, 0.29) is 5.54 Å². The summed E-state index contributed by atoms with van der Waals surface area (Å²) >= 11 is 2.36. The maximum atomic E-state index is 5.50. The van der Waals surface area contributed by atoms with Crippen LogP contribution in [0, 0.1) is 3.57 Å². The van der Waals surface area contributed by atoms with Gasteiger partial charge in [0.25, 0.3) is 0 Å². The fraction of sp³-hybridized carbons (Fsp3) is 0.647. The number of hydrogen-bond donors (Lipinski definition) is 1. The van der Waals surface area contributed by atoms with E-state index in [2.05, 4.69) is 77.8 Å². The van der Waals surface area contributed by atoms with Crippen LogP contribution in [0.1, 0.15) is 26.3 Å². The lowest BCUT2D eigenvalue weighted by Crippen LogP contribution is -2.61. The molecule has 21 heavy (non-hydrogen) atoms. The number of hydrogen-bond acceptors (Lipinski definition) is 3. The van der Waals surface area contributed by atoms with E-state index in [9.17, 15) is 0 Å². The van der Waals surface area contributed by atoms with Crippen molar-refractivity contribution >= 4 is 22.6 Å². The topological polar surface area (TPSA) is 24.5 Å². The molecule has 0 spiro atoms. The third-order valence-electron chi connectivity index (χ3n) is 4.48. The lowest BCUT2D eigenvalue weighted by molar-refractivity contribution is -0.0230. The Balaban J connectivity index is 2.10. The largest absolute Gasteiger partial charge is 0.379 e. The van der Waals surface area contributed by atoms with E-state index >= 15 is 0 Å². The van der Waals surface area contributed by atoms with Crippen molar-refractivity contribution in [3.63, 3.8) is 0 Å². The maximum Gasteiger partial charge on any atom is 0.0594 e. The van der Waals surface area contributed by atoms with Crippen LogP contribution in [0.15, 0.2) is 24.3 Å². The predicted molar refractivity (Wildman–Crippen MR) is 96.8 cm³/mol. The number of halogens is 1. The molecule has 4 heteroatoms. The van der Waals surface area contributed by atoms with Crippen molar-refractivity contribution in [2.24, 2.45) is 0 Å². The average molecular weight is 402 g/mol. The van der Waals surface area contributed by atoms with E-state index in [0.717, 1.165) is 39.3 Å². The molecule has 0 aliphatic carbocycles. The zero-order valence-corrected chi connectivity index (χ0v) is 15.5. The van der Waals surface area contributed by atoms with Gasteiger partial charge in [0.05, 0.1) is 13.2 Å². The van der Waals surface area contributed by atoms with E-state index in [0.29, 0.717) is 6.04 Å². The highest BCUT2D eigenvalue weighted by Gasteiger charge is 2.35. The van der Waals surface area contributed by atoms with Gasteiger partial charge in [-0.15, -0.1) is 0 Å². The van der Waals surface area contributed by atoms with Gasteiger partial charge in [0.1, 0.15) is 0 Å². The molecule has 0 bridgehead atoms. The van der Waals surface area contributed by atoms with Gasteiger partial charge in [-0.2, -0.15) is 0 Å². The van der Waals surface area contributed by atoms with Crippen LogP contribution in [-0.4, -0.2) is 49.3 Å². The Hall–Kier alpha value is -0.170. The normalized spacial score (nSPS) is 18.7. The Bertz CT molecular complexity index is 427. The zero-order chi connectivity index (χ0) is 15.3. The van der Waals surface area contributed by atoms with E-state index in [1.165, 1.54) is 9.13 Å². The molecule has 1 aliphatic rings. The van der Waals surface area contributed by atoms with E-state index < -0.39 is 0 Å². The molecule has 1 N–H and O–H groups in total. The zero-order valence-electron chi connectivity index (χ0n) is 13.4. The molecule has 1 heterocycles. The SMILES string of the molecule is CCNC(Cc1ccc(I)cc1)C(C)(C)N1CCOCC1. The van der Waals surface area contributed by atoms with E-state index in [1.807, 2.05) is 0 Å². The first kappa shape index (κ1) is 17.2. The van der Waals surface area contributed by atoms with Crippen LogP contribution in [0.4, 0.5) is 0 Å². The minimum absolute atomic E-state index is 0.128. The number of likely N-dealkylation sites (N-methyl/N-ethyl adjacent to an activating group) is 1. The number of morpholine rings is 1. The molecule has 0 aromatic heterocycles. The van der Waals surface area contributed by atoms with Gasteiger partial charge in [-0.3, -0.25) is 4.90 Å². The maximum absolute atomic E-state index is 5.50. The second kappa shape index (κ2) is 7.90. The summed E-state index contributed by atoms with van der Waals surface area (Å²) in [5, 5.41) is 3.70. The van der Waals surface area contributed by atoms with Crippen molar-refractivity contribution in [3.05, 3.63) is 33.4 Å². The fourth-order valence-electron chi connectivity index (χ4n) is 3.03. The molecule has 1 unspecified atom stereocenters. The van der Waals surface area contributed by atoms with Crippen molar-refractivity contribution in [2.45, 2.75) is 38.8 Å². The van der Waals surface area contributed by atoms with Gasteiger partial charge in [0.15, 0.2) is 0 Å². The molecule has 0 radical (unpaired) electrons. The summed E-state index contributed by atoms with van der Waals surface area (Å²) in [6, 6.07) is 9.34. The summed E-state index contributed by atoms with van der Waals surface area (Å²) < 4.78 is 6.80. The summed E-state index contributed by atoms with van der Waals surface area (Å²) in [4.78, 5) is 2.57. The number of nitrogens with one attached hydrogen (secondary N) is 1. The Morgan fingerprint density at radius 3 is 2.43 bits per heavy atom. The minimum Gasteiger partial charge on any atom is -0.379 e. The van der Waals surface area contributed by atoms with Crippen LogP contribution < -0.4 is 5.32 Å². The second-order valence-electron chi connectivity index (χ2n) is 6.19. The Labute approximate surface area is 142 Å². The van der Waals surface area contributed by atoms with Gasteiger partial charge in [-0.05, 0) is 67.1 Å². The molecule has 1 aromatic carbocycles. The molecular formula is C17H27IN2O. The molecule has 2 rings (SSSR count). The molecule has 1 fully saturated rings. The molecular weight excluding hydrogens is 375 g/mol. The van der Waals surface area contributed by atoms with Gasteiger partial charge in [-0.1, -0.05) is 19.1 Å². The molecule has 3 nitrogen and oxygen atoms in total. The van der Waals surface area contributed by atoms with Crippen molar-refractivity contribution in [1.29, 1.82) is 0 Å². The highest BCUT2D eigenvalue weighted by molar-refractivity contribution is 14.1. The highest BCUT2D eigenvalue weighted by atomic mass is 127. The summed E-state index contributed by atoms with van der Waals surface area (Å²) in [6.07, 6.45) is 1.06. The molecule has 1 aliphatic heterocycles. The second-order valence-corrected chi connectivity index (χ2v) is 7.44. The monoisotopic (exact) mass is 402 g/mol. The number of ether oxygens (including phenoxy) is 1. The fourth-order valence-corrected chi connectivity index (χ4v) is 3.39. The molecule has 1 saturated heterocycles. The number of benzene rings is 1. The average Bonchev–Trinajstić information content (AvgIpc) is 2.50. The Morgan fingerprint density at radius 1 is 1.24 bits per heavy atom. The minimum atomic E-state index is 0.128. The lowest BCUT2D eigenvalue weighted by atomic mass is 9.87. The summed E-state index contributed by atoms with van der Waals surface area (Å²) in [5.74, 6) is 0.